The molecule has 11 nitrogen and oxygen atoms in total. The molecule has 1 aromatic heterocycles. The minimum absolute atomic E-state index is 0.0505. The number of carbonyl (C=O) groups excluding carboxylic acids is 3. The van der Waals surface area contributed by atoms with Crippen molar-refractivity contribution in [2.75, 3.05) is 27.0 Å². The number of anilines is 4. The first-order valence-electron chi connectivity index (χ1n) is 19.0. The SMILES string of the molecule is CCC(=O)N1c2ccccc2[C@H](Nc2ccc(C(=O)NCCc3cn(-c4ccc(N[C@@H]5C[C@H](C)N(C(=O)CC)c6ccccc65)cc4)nn3)cc2)C[C@@H]1C. The Hall–Kier alpha value is -5.97. The number of benzene rings is 4. The largest absolute Gasteiger partial charge is 0.378 e. The van der Waals surface area contributed by atoms with E-state index in [0.29, 0.717) is 31.4 Å². The van der Waals surface area contributed by atoms with Crippen molar-refractivity contribution in [1.29, 1.82) is 0 Å². The van der Waals surface area contributed by atoms with Crippen molar-refractivity contribution in [2.24, 2.45) is 0 Å². The van der Waals surface area contributed by atoms with Crippen LogP contribution in [0.4, 0.5) is 22.7 Å². The molecule has 0 radical (unpaired) electrons. The Morgan fingerprint density at radius 3 is 1.70 bits per heavy atom. The van der Waals surface area contributed by atoms with Crippen molar-refractivity contribution in [3.05, 3.63) is 126 Å². The fraction of sp³-hybridized carbons (Fsp3) is 0.326. The summed E-state index contributed by atoms with van der Waals surface area (Å²) < 4.78 is 1.74. The lowest BCUT2D eigenvalue weighted by Crippen LogP contribution is -2.44. The molecule has 2 aliphatic heterocycles. The average Bonchev–Trinajstić information content (AvgIpc) is 3.67. The van der Waals surface area contributed by atoms with Gasteiger partial charge in [-0.25, -0.2) is 4.68 Å². The van der Waals surface area contributed by atoms with Crippen LogP contribution in [0.2, 0.25) is 0 Å². The summed E-state index contributed by atoms with van der Waals surface area (Å²) in [4.78, 5) is 42.2. The highest BCUT2D eigenvalue weighted by Crippen LogP contribution is 2.40. The Balaban J connectivity index is 0.910. The summed E-state index contributed by atoms with van der Waals surface area (Å²) in [5.74, 6) is 0.120. The third-order valence-corrected chi connectivity index (χ3v) is 10.5. The van der Waals surface area contributed by atoms with Crippen molar-refractivity contribution in [1.82, 2.24) is 20.3 Å². The third-order valence-electron chi connectivity index (χ3n) is 10.5. The highest BCUT2D eigenvalue weighted by atomic mass is 16.2. The predicted molar refractivity (Wildman–Crippen MR) is 213 cm³/mol. The summed E-state index contributed by atoms with van der Waals surface area (Å²) in [6.07, 6.45) is 4.97. The number of rotatable bonds is 11. The number of amides is 3. The van der Waals surface area contributed by atoms with E-state index < -0.39 is 0 Å². The summed E-state index contributed by atoms with van der Waals surface area (Å²) >= 11 is 0. The second-order valence-corrected chi connectivity index (χ2v) is 14.2. The van der Waals surface area contributed by atoms with Crippen LogP contribution in [0.25, 0.3) is 5.69 Å². The van der Waals surface area contributed by atoms with Gasteiger partial charge in [-0.1, -0.05) is 55.5 Å². The van der Waals surface area contributed by atoms with Gasteiger partial charge in [-0.15, -0.1) is 5.10 Å². The van der Waals surface area contributed by atoms with Gasteiger partial charge in [0.2, 0.25) is 11.8 Å². The highest BCUT2D eigenvalue weighted by molar-refractivity contribution is 5.96. The van der Waals surface area contributed by atoms with Crippen LogP contribution in [0.5, 0.6) is 0 Å². The van der Waals surface area contributed by atoms with E-state index in [1.165, 1.54) is 0 Å². The zero-order chi connectivity index (χ0) is 37.8. The zero-order valence-electron chi connectivity index (χ0n) is 31.3. The van der Waals surface area contributed by atoms with Gasteiger partial charge < -0.3 is 25.8 Å². The van der Waals surface area contributed by atoms with E-state index in [4.69, 9.17) is 0 Å². The van der Waals surface area contributed by atoms with Gasteiger partial charge in [0.25, 0.3) is 5.91 Å². The van der Waals surface area contributed by atoms with Gasteiger partial charge in [-0.05, 0) is 98.5 Å². The maximum atomic E-state index is 13.0. The van der Waals surface area contributed by atoms with Crippen LogP contribution >= 0.6 is 0 Å². The fourth-order valence-electron chi connectivity index (χ4n) is 7.78. The molecule has 7 rings (SSSR count). The Bertz CT molecular complexity index is 2110. The van der Waals surface area contributed by atoms with E-state index in [9.17, 15) is 14.4 Å². The molecule has 54 heavy (non-hydrogen) atoms. The number of hydrogen-bond donors (Lipinski definition) is 3. The molecule has 3 N–H and O–H groups in total. The molecule has 3 heterocycles. The quantitative estimate of drug-likeness (QED) is 0.128. The number of nitrogens with one attached hydrogen (secondary N) is 3. The fourth-order valence-corrected chi connectivity index (χ4v) is 7.78. The molecule has 2 aliphatic rings. The van der Waals surface area contributed by atoms with Crippen molar-refractivity contribution < 1.29 is 14.4 Å². The Morgan fingerprint density at radius 1 is 0.685 bits per heavy atom. The van der Waals surface area contributed by atoms with Gasteiger partial charge in [0.05, 0.1) is 29.7 Å². The van der Waals surface area contributed by atoms with Crippen LogP contribution in [-0.2, 0) is 16.0 Å². The minimum Gasteiger partial charge on any atom is -0.378 e. The zero-order valence-corrected chi connectivity index (χ0v) is 31.3. The first kappa shape index (κ1) is 36.4. The monoisotopic (exact) mass is 724 g/mol. The van der Waals surface area contributed by atoms with Crippen LogP contribution in [-0.4, -0.2) is 51.3 Å². The van der Waals surface area contributed by atoms with E-state index >= 15 is 0 Å². The second kappa shape index (κ2) is 16.0. The third kappa shape index (κ3) is 7.57. The molecule has 0 aliphatic carbocycles. The van der Waals surface area contributed by atoms with Crippen LogP contribution in [0, 0.1) is 0 Å². The minimum atomic E-state index is -0.151. The molecule has 0 bridgehead atoms. The molecule has 11 heteroatoms. The van der Waals surface area contributed by atoms with Crippen molar-refractivity contribution in [3.8, 4) is 5.69 Å². The number of fused-ring (bicyclic) bond motifs is 2. The second-order valence-electron chi connectivity index (χ2n) is 14.2. The number of nitrogens with zero attached hydrogens (tertiary/aromatic N) is 5. The molecule has 5 aromatic rings. The van der Waals surface area contributed by atoms with E-state index in [0.717, 1.165) is 58.1 Å². The molecule has 0 fully saturated rings. The lowest BCUT2D eigenvalue weighted by molar-refractivity contribution is -0.119. The first-order chi connectivity index (χ1) is 26.2. The van der Waals surface area contributed by atoms with Crippen LogP contribution in [0.1, 0.15) is 92.6 Å². The number of carbonyl (C=O) groups is 3. The Kier molecular flexibility index (Phi) is 10.8. The summed E-state index contributed by atoms with van der Waals surface area (Å²) in [5.41, 5.74) is 8.29. The summed E-state index contributed by atoms with van der Waals surface area (Å²) in [6.45, 7) is 8.42. The summed E-state index contributed by atoms with van der Waals surface area (Å²) in [5, 5.41) is 19.0. The maximum Gasteiger partial charge on any atom is 0.251 e. The molecule has 4 aromatic carbocycles. The molecular formula is C43H48N8O3. The molecule has 3 amide bonds. The van der Waals surface area contributed by atoms with Gasteiger partial charge in [0.15, 0.2) is 0 Å². The molecule has 278 valence electrons. The van der Waals surface area contributed by atoms with E-state index in [-0.39, 0.29) is 41.9 Å². The van der Waals surface area contributed by atoms with Crippen LogP contribution < -0.4 is 25.8 Å². The Labute approximate surface area is 316 Å². The van der Waals surface area contributed by atoms with Gasteiger partial charge in [-0.2, -0.15) is 0 Å². The maximum absolute atomic E-state index is 13.0. The van der Waals surface area contributed by atoms with Gasteiger partial charge >= 0.3 is 0 Å². The average molecular weight is 725 g/mol. The molecular weight excluding hydrogens is 677 g/mol. The van der Waals surface area contributed by atoms with E-state index in [2.05, 4.69) is 52.2 Å². The standard InChI is InChI=1S/C43H48N8O3/c1-5-41(52)50-28(3)25-37(35-11-7-9-13-39(35)50)45-31-17-15-30(16-18-31)43(54)44-24-23-33-27-49(48-47-33)34-21-19-32(20-22-34)46-38-26-29(4)51(42(53)6-2)40-14-10-8-12-36(38)40/h7-22,27-29,37-38,45-46H,5-6,23-26H2,1-4H3,(H,44,54)/t28-,29-,37+,38+/m0/s1. The molecule has 0 unspecified atom stereocenters. The van der Waals surface area contributed by atoms with E-state index in [1.807, 2.05) is 115 Å². The predicted octanol–water partition coefficient (Wildman–Crippen LogP) is 7.62. The lowest BCUT2D eigenvalue weighted by Gasteiger charge is -2.40. The molecule has 0 spiro atoms. The van der Waals surface area contributed by atoms with Crippen molar-refractivity contribution in [3.63, 3.8) is 0 Å². The summed E-state index contributed by atoms with van der Waals surface area (Å²) in [6, 6.07) is 32.1. The summed E-state index contributed by atoms with van der Waals surface area (Å²) in [7, 11) is 0. The van der Waals surface area contributed by atoms with Crippen LogP contribution in [0.15, 0.2) is 103 Å². The normalized spacial score (nSPS) is 19.0. The van der Waals surface area contributed by atoms with Crippen LogP contribution in [0.3, 0.4) is 0 Å². The number of para-hydroxylation sites is 2. The van der Waals surface area contributed by atoms with E-state index in [1.54, 1.807) is 4.68 Å². The van der Waals surface area contributed by atoms with Gasteiger partial charge in [0.1, 0.15) is 0 Å². The topological polar surface area (TPSA) is 124 Å². The van der Waals surface area contributed by atoms with Gasteiger partial charge in [0, 0.05) is 66.2 Å². The lowest BCUT2D eigenvalue weighted by atomic mass is 9.91. The molecule has 0 saturated carbocycles. The molecule has 0 saturated heterocycles. The highest BCUT2D eigenvalue weighted by Gasteiger charge is 2.34. The molecule has 4 atom stereocenters. The first-order valence-corrected chi connectivity index (χ1v) is 19.0. The van der Waals surface area contributed by atoms with Crippen molar-refractivity contribution in [2.45, 2.75) is 84.0 Å². The van der Waals surface area contributed by atoms with Crippen molar-refractivity contribution >= 4 is 40.5 Å². The number of aromatic nitrogens is 3. The van der Waals surface area contributed by atoms with Gasteiger partial charge in [-0.3, -0.25) is 14.4 Å². The Morgan fingerprint density at radius 2 is 1.19 bits per heavy atom. The number of hydrogen-bond acceptors (Lipinski definition) is 7. The smallest absolute Gasteiger partial charge is 0.251 e.